The van der Waals surface area contributed by atoms with Gasteiger partial charge in [-0.3, -0.25) is 9.48 Å². The van der Waals surface area contributed by atoms with E-state index in [9.17, 15) is 4.79 Å². The average Bonchev–Trinajstić information content (AvgIpc) is 2.76. The Balaban J connectivity index is 2.18. The van der Waals surface area contributed by atoms with Crippen molar-refractivity contribution >= 4 is 5.91 Å². The Hall–Kier alpha value is -1.36. The zero-order chi connectivity index (χ0) is 12.0. The summed E-state index contributed by atoms with van der Waals surface area (Å²) in [6.07, 6.45) is 4.52. The summed E-state index contributed by atoms with van der Waals surface area (Å²) in [4.78, 5) is 11.6. The van der Waals surface area contributed by atoms with Crippen LogP contribution in [-0.4, -0.2) is 28.8 Å². The highest BCUT2D eigenvalue weighted by Gasteiger charge is 2.24. The second kappa shape index (κ2) is 5.65. The molecule has 5 nitrogen and oxygen atoms in total. The van der Waals surface area contributed by atoms with E-state index in [0.717, 1.165) is 13.0 Å². The summed E-state index contributed by atoms with van der Waals surface area (Å²) < 4.78 is 1.85. The van der Waals surface area contributed by atoms with E-state index in [1.807, 2.05) is 30.8 Å². The van der Waals surface area contributed by atoms with Crippen LogP contribution in [0.15, 0.2) is 18.5 Å². The Morgan fingerprint density at radius 2 is 2.31 bits per heavy atom. The van der Waals surface area contributed by atoms with Gasteiger partial charge in [-0.25, -0.2) is 0 Å². The van der Waals surface area contributed by atoms with Gasteiger partial charge in [0.25, 0.3) is 0 Å². The van der Waals surface area contributed by atoms with E-state index in [1.54, 1.807) is 6.20 Å². The number of rotatable bonds is 6. The van der Waals surface area contributed by atoms with E-state index < -0.39 is 5.41 Å². The number of nitrogens with zero attached hydrogens (tertiary/aromatic N) is 2. The van der Waals surface area contributed by atoms with E-state index in [2.05, 4.69) is 10.4 Å². The fourth-order valence-corrected chi connectivity index (χ4v) is 1.21. The molecule has 0 fully saturated rings. The van der Waals surface area contributed by atoms with Crippen LogP contribution in [-0.2, 0) is 11.3 Å². The number of nitrogens with one attached hydrogen (secondary N) is 1. The van der Waals surface area contributed by atoms with E-state index in [-0.39, 0.29) is 5.91 Å². The smallest absolute Gasteiger partial charge is 0.226 e. The van der Waals surface area contributed by atoms with Gasteiger partial charge in [-0.05, 0) is 26.3 Å². The summed E-state index contributed by atoms with van der Waals surface area (Å²) in [5.41, 5.74) is 5.03. The van der Waals surface area contributed by atoms with Gasteiger partial charge < -0.3 is 11.1 Å². The maximum absolute atomic E-state index is 11.6. The summed E-state index contributed by atoms with van der Waals surface area (Å²) in [6, 6.07) is 1.89. The van der Waals surface area contributed by atoms with Crippen LogP contribution in [0.5, 0.6) is 0 Å². The lowest BCUT2D eigenvalue weighted by Gasteiger charge is -2.21. The molecule has 0 atom stereocenters. The van der Waals surface area contributed by atoms with Crippen LogP contribution in [0.1, 0.15) is 20.3 Å². The van der Waals surface area contributed by atoms with Crippen molar-refractivity contribution < 1.29 is 4.79 Å². The second-order valence-corrected chi connectivity index (χ2v) is 4.47. The third kappa shape index (κ3) is 3.66. The lowest BCUT2D eigenvalue weighted by Crippen LogP contribution is -2.42. The normalized spacial score (nSPS) is 11.4. The highest BCUT2D eigenvalue weighted by Crippen LogP contribution is 2.11. The van der Waals surface area contributed by atoms with Crippen molar-refractivity contribution in [1.82, 2.24) is 15.1 Å². The molecule has 3 N–H and O–H groups in total. The molecule has 1 aromatic rings. The van der Waals surface area contributed by atoms with Crippen molar-refractivity contribution in [2.45, 2.75) is 26.8 Å². The summed E-state index contributed by atoms with van der Waals surface area (Å²) in [6.45, 7) is 5.52. The fraction of sp³-hybridized carbons (Fsp3) is 0.636. The number of aromatic nitrogens is 2. The maximum atomic E-state index is 11.6. The molecule has 0 saturated heterocycles. The minimum atomic E-state index is -0.480. The Morgan fingerprint density at radius 3 is 2.88 bits per heavy atom. The Kier molecular flexibility index (Phi) is 4.49. The van der Waals surface area contributed by atoms with Crippen LogP contribution in [0.3, 0.4) is 0 Å². The molecule has 1 heterocycles. The average molecular weight is 224 g/mol. The molecule has 0 spiro atoms. The molecule has 0 radical (unpaired) electrons. The lowest BCUT2D eigenvalue weighted by atomic mass is 9.93. The van der Waals surface area contributed by atoms with Crippen LogP contribution in [0.25, 0.3) is 0 Å². The summed E-state index contributed by atoms with van der Waals surface area (Å²) in [5.74, 6) is 0.00969. The van der Waals surface area contributed by atoms with Gasteiger partial charge in [0.05, 0.1) is 5.41 Å². The second-order valence-electron chi connectivity index (χ2n) is 4.47. The largest absolute Gasteiger partial charge is 0.356 e. The quantitative estimate of drug-likeness (QED) is 0.686. The van der Waals surface area contributed by atoms with Crippen LogP contribution in [0.2, 0.25) is 0 Å². The zero-order valence-electron chi connectivity index (χ0n) is 9.94. The first-order chi connectivity index (χ1) is 7.56. The molecular formula is C11H20N4O. The van der Waals surface area contributed by atoms with Gasteiger partial charge in [-0.2, -0.15) is 5.10 Å². The molecule has 0 aromatic carbocycles. The SMILES string of the molecule is CC(C)(CN)C(=O)NCCCn1cccn1. The van der Waals surface area contributed by atoms with E-state index >= 15 is 0 Å². The van der Waals surface area contributed by atoms with Crippen LogP contribution in [0, 0.1) is 5.41 Å². The van der Waals surface area contributed by atoms with Gasteiger partial charge in [0.1, 0.15) is 0 Å². The molecule has 1 aromatic heterocycles. The van der Waals surface area contributed by atoms with Crippen molar-refractivity contribution in [2.75, 3.05) is 13.1 Å². The molecule has 1 amide bonds. The fourth-order valence-electron chi connectivity index (χ4n) is 1.21. The van der Waals surface area contributed by atoms with Gasteiger partial charge in [0.2, 0.25) is 5.91 Å². The Bertz CT molecular complexity index is 319. The van der Waals surface area contributed by atoms with E-state index in [0.29, 0.717) is 13.1 Å². The van der Waals surface area contributed by atoms with Gasteiger partial charge in [0.15, 0.2) is 0 Å². The van der Waals surface area contributed by atoms with Crippen molar-refractivity contribution in [3.05, 3.63) is 18.5 Å². The number of hydrogen-bond acceptors (Lipinski definition) is 3. The molecule has 0 bridgehead atoms. The number of carbonyl (C=O) groups is 1. The van der Waals surface area contributed by atoms with Gasteiger partial charge >= 0.3 is 0 Å². The first kappa shape index (κ1) is 12.7. The van der Waals surface area contributed by atoms with Crippen LogP contribution >= 0.6 is 0 Å². The Morgan fingerprint density at radius 1 is 1.56 bits per heavy atom. The van der Waals surface area contributed by atoms with Crippen molar-refractivity contribution in [3.63, 3.8) is 0 Å². The van der Waals surface area contributed by atoms with E-state index in [4.69, 9.17) is 5.73 Å². The lowest BCUT2D eigenvalue weighted by molar-refractivity contribution is -0.128. The molecule has 0 saturated carbocycles. The number of amides is 1. The summed E-state index contributed by atoms with van der Waals surface area (Å²) in [5, 5.41) is 6.96. The molecule has 90 valence electrons. The molecule has 16 heavy (non-hydrogen) atoms. The molecular weight excluding hydrogens is 204 g/mol. The first-order valence-electron chi connectivity index (χ1n) is 5.52. The van der Waals surface area contributed by atoms with E-state index in [1.165, 1.54) is 0 Å². The zero-order valence-corrected chi connectivity index (χ0v) is 9.94. The molecule has 0 unspecified atom stereocenters. The maximum Gasteiger partial charge on any atom is 0.226 e. The minimum absolute atomic E-state index is 0.00969. The summed E-state index contributed by atoms with van der Waals surface area (Å²) in [7, 11) is 0. The topological polar surface area (TPSA) is 72.9 Å². The standard InChI is InChI=1S/C11H20N4O/c1-11(2,9-12)10(16)13-5-3-7-15-8-4-6-14-15/h4,6,8H,3,5,7,9,12H2,1-2H3,(H,13,16). The molecule has 1 rings (SSSR count). The number of carbonyl (C=O) groups excluding carboxylic acids is 1. The highest BCUT2D eigenvalue weighted by molar-refractivity contribution is 5.81. The Labute approximate surface area is 96.0 Å². The van der Waals surface area contributed by atoms with Gasteiger partial charge in [-0.1, -0.05) is 0 Å². The minimum Gasteiger partial charge on any atom is -0.356 e. The predicted molar refractivity (Wildman–Crippen MR) is 62.7 cm³/mol. The van der Waals surface area contributed by atoms with Crippen LogP contribution in [0.4, 0.5) is 0 Å². The van der Waals surface area contributed by atoms with Crippen molar-refractivity contribution in [1.29, 1.82) is 0 Å². The van der Waals surface area contributed by atoms with Crippen LogP contribution < -0.4 is 11.1 Å². The summed E-state index contributed by atoms with van der Waals surface area (Å²) >= 11 is 0. The molecule has 0 aliphatic rings. The third-order valence-electron chi connectivity index (χ3n) is 2.53. The monoisotopic (exact) mass is 224 g/mol. The van der Waals surface area contributed by atoms with Crippen molar-refractivity contribution in [2.24, 2.45) is 11.1 Å². The number of hydrogen-bond donors (Lipinski definition) is 2. The van der Waals surface area contributed by atoms with Gasteiger partial charge in [0, 0.05) is 32.0 Å². The highest BCUT2D eigenvalue weighted by atomic mass is 16.2. The number of nitrogens with two attached hydrogens (primary N) is 1. The molecule has 0 aliphatic heterocycles. The van der Waals surface area contributed by atoms with Crippen molar-refractivity contribution in [3.8, 4) is 0 Å². The first-order valence-corrected chi connectivity index (χ1v) is 5.52. The third-order valence-corrected chi connectivity index (χ3v) is 2.53. The van der Waals surface area contributed by atoms with Gasteiger partial charge in [-0.15, -0.1) is 0 Å². The molecule has 5 heteroatoms. The number of aryl methyl sites for hydroxylation is 1. The predicted octanol–water partition coefficient (Wildman–Crippen LogP) is 0.374. The molecule has 0 aliphatic carbocycles.